The summed E-state index contributed by atoms with van der Waals surface area (Å²) in [6.07, 6.45) is 0. The Morgan fingerprint density at radius 2 is 0.821 bits per heavy atom. The molecule has 138 valence electrons. The third-order valence-corrected chi connectivity index (χ3v) is 5.98. The highest BCUT2D eigenvalue weighted by Crippen LogP contribution is 2.45. The molecule has 28 heavy (non-hydrogen) atoms. The number of hydrogen-bond donors (Lipinski definition) is 0. The van der Waals surface area contributed by atoms with Crippen molar-refractivity contribution in [2.24, 2.45) is 0 Å². The summed E-state index contributed by atoms with van der Waals surface area (Å²) >= 11 is 3.60. The van der Waals surface area contributed by atoms with E-state index in [1.165, 1.54) is 33.4 Å². The monoisotopic (exact) mass is 426 g/mol. The largest absolute Gasteiger partial charge is 0.0701 e. The molecule has 4 rings (SSSR count). The lowest BCUT2D eigenvalue weighted by Crippen LogP contribution is -2.31. The molecule has 0 radical (unpaired) electrons. The zero-order valence-electron chi connectivity index (χ0n) is 16.2. The van der Waals surface area contributed by atoms with Crippen molar-refractivity contribution in [1.82, 2.24) is 0 Å². The van der Waals surface area contributed by atoms with Crippen LogP contribution < -0.4 is 0 Å². The highest BCUT2D eigenvalue weighted by molar-refractivity contribution is 9.10. The lowest BCUT2D eigenvalue weighted by atomic mass is 9.65. The highest BCUT2D eigenvalue weighted by atomic mass is 79.9. The van der Waals surface area contributed by atoms with Crippen molar-refractivity contribution in [3.8, 4) is 0 Å². The Hall–Kier alpha value is -2.64. The van der Waals surface area contributed by atoms with Crippen LogP contribution in [0, 0.1) is 13.8 Å². The lowest BCUT2D eigenvalue weighted by Gasteiger charge is -2.37. The number of halogens is 1. The molecule has 0 bridgehead atoms. The van der Waals surface area contributed by atoms with E-state index in [0.717, 1.165) is 4.47 Å². The Bertz CT molecular complexity index is 933. The molecule has 0 saturated carbocycles. The van der Waals surface area contributed by atoms with Crippen LogP contribution in [-0.4, -0.2) is 0 Å². The molecule has 0 aliphatic rings. The Balaban J connectivity index is 2.11. The standard InChI is InChI=1S/C27H23Br/c1-20-8-12-23(13-9-20)27(22-6-4-3-5-7-22,24-14-10-21(2)11-15-24)25-16-18-26(28)19-17-25/h3-19H,1-2H3. The molecule has 0 nitrogen and oxygen atoms in total. The van der Waals surface area contributed by atoms with Crippen LogP contribution >= 0.6 is 15.9 Å². The minimum Gasteiger partial charge on any atom is -0.0622 e. The van der Waals surface area contributed by atoms with E-state index in [0.29, 0.717) is 0 Å². The first kappa shape index (κ1) is 18.7. The summed E-state index contributed by atoms with van der Waals surface area (Å²) in [7, 11) is 0. The maximum absolute atomic E-state index is 3.60. The summed E-state index contributed by atoms with van der Waals surface area (Å²) in [4.78, 5) is 0. The van der Waals surface area contributed by atoms with Crippen molar-refractivity contribution in [3.63, 3.8) is 0 Å². The Morgan fingerprint density at radius 1 is 0.464 bits per heavy atom. The molecule has 0 aliphatic heterocycles. The first-order chi connectivity index (χ1) is 13.6. The fraction of sp³-hybridized carbons (Fsp3) is 0.111. The molecule has 0 N–H and O–H groups in total. The van der Waals surface area contributed by atoms with Crippen LogP contribution in [-0.2, 0) is 5.41 Å². The normalized spacial score (nSPS) is 11.4. The molecule has 0 saturated heterocycles. The van der Waals surface area contributed by atoms with E-state index in [-0.39, 0.29) is 5.41 Å². The molecule has 1 heteroatoms. The Morgan fingerprint density at radius 3 is 1.25 bits per heavy atom. The second-order valence-electron chi connectivity index (χ2n) is 7.35. The average molecular weight is 427 g/mol. The van der Waals surface area contributed by atoms with Gasteiger partial charge in [-0.15, -0.1) is 0 Å². The van der Waals surface area contributed by atoms with E-state index in [4.69, 9.17) is 0 Å². The van der Waals surface area contributed by atoms with Gasteiger partial charge in [-0.3, -0.25) is 0 Å². The quantitative estimate of drug-likeness (QED) is 0.297. The summed E-state index contributed by atoms with van der Waals surface area (Å²) < 4.78 is 1.09. The average Bonchev–Trinajstić information content (AvgIpc) is 2.73. The second-order valence-corrected chi connectivity index (χ2v) is 8.27. The Labute approximate surface area is 176 Å². The van der Waals surface area contributed by atoms with Crippen molar-refractivity contribution in [2.75, 3.05) is 0 Å². The SMILES string of the molecule is Cc1ccc(C(c2ccccc2)(c2ccc(C)cc2)c2ccc(Br)cc2)cc1. The molecular weight excluding hydrogens is 404 g/mol. The van der Waals surface area contributed by atoms with Crippen LogP contribution in [0.4, 0.5) is 0 Å². The topological polar surface area (TPSA) is 0 Å². The van der Waals surface area contributed by atoms with Gasteiger partial charge >= 0.3 is 0 Å². The van der Waals surface area contributed by atoms with Gasteiger partial charge in [-0.2, -0.15) is 0 Å². The molecule has 0 atom stereocenters. The van der Waals surface area contributed by atoms with Crippen molar-refractivity contribution < 1.29 is 0 Å². The van der Waals surface area contributed by atoms with Crippen molar-refractivity contribution in [1.29, 1.82) is 0 Å². The molecule has 0 amide bonds. The fourth-order valence-corrected chi connectivity index (χ4v) is 4.26. The van der Waals surface area contributed by atoms with E-state index in [1.54, 1.807) is 0 Å². The van der Waals surface area contributed by atoms with Crippen molar-refractivity contribution in [2.45, 2.75) is 19.3 Å². The number of hydrogen-bond acceptors (Lipinski definition) is 0. The van der Waals surface area contributed by atoms with Crippen LogP contribution in [0.25, 0.3) is 0 Å². The molecule has 4 aromatic carbocycles. The van der Waals surface area contributed by atoms with Crippen molar-refractivity contribution in [3.05, 3.63) is 141 Å². The van der Waals surface area contributed by atoms with Gasteiger partial charge in [0.25, 0.3) is 0 Å². The predicted octanol–water partition coefficient (Wildman–Crippen LogP) is 7.45. The molecule has 0 heterocycles. The van der Waals surface area contributed by atoms with Gasteiger partial charge in [0.2, 0.25) is 0 Å². The van der Waals surface area contributed by atoms with Gasteiger partial charge in [-0.25, -0.2) is 0 Å². The van der Waals surface area contributed by atoms with E-state index in [2.05, 4.69) is 133 Å². The third-order valence-electron chi connectivity index (χ3n) is 5.45. The zero-order chi connectivity index (χ0) is 19.6. The van der Waals surface area contributed by atoms with Gasteiger partial charge in [0.1, 0.15) is 0 Å². The molecular formula is C27H23Br. The molecule has 0 unspecified atom stereocenters. The smallest absolute Gasteiger partial charge is 0.0622 e. The van der Waals surface area contributed by atoms with Gasteiger partial charge < -0.3 is 0 Å². The second kappa shape index (κ2) is 7.77. The van der Waals surface area contributed by atoms with E-state index >= 15 is 0 Å². The Kier molecular flexibility index (Phi) is 5.19. The molecule has 0 fully saturated rings. The summed E-state index contributed by atoms with van der Waals surface area (Å²) in [5, 5.41) is 0. The summed E-state index contributed by atoms with van der Waals surface area (Å²) in [6.45, 7) is 4.28. The van der Waals surface area contributed by atoms with Crippen molar-refractivity contribution >= 4 is 15.9 Å². The lowest BCUT2D eigenvalue weighted by molar-refractivity contribution is 0.744. The number of benzene rings is 4. The van der Waals surface area contributed by atoms with E-state index in [9.17, 15) is 0 Å². The first-order valence-electron chi connectivity index (χ1n) is 9.56. The summed E-state index contributed by atoms with van der Waals surface area (Å²) in [5.74, 6) is 0. The fourth-order valence-electron chi connectivity index (χ4n) is 4.00. The van der Waals surface area contributed by atoms with E-state index in [1.807, 2.05) is 0 Å². The van der Waals surface area contributed by atoms with Crippen LogP contribution in [0.1, 0.15) is 33.4 Å². The maximum Gasteiger partial charge on any atom is 0.0701 e. The third kappa shape index (κ3) is 3.31. The molecule has 0 aromatic heterocycles. The zero-order valence-corrected chi connectivity index (χ0v) is 17.8. The first-order valence-corrected chi connectivity index (χ1v) is 10.4. The van der Waals surface area contributed by atoms with E-state index < -0.39 is 0 Å². The summed E-state index contributed by atoms with van der Waals surface area (Å²) in [6, 6.07) is 37.5. The minimum atomic E-state index is -0.372. The molecule has 0 aliphatic carbocycles. The van der Waals surface area contributed by atoms with Gasteiger partial charge in [-0.05, 0) is 48.2 Å². The molecule has 0 spiro atoms. The van der Waals surface area contributed by atoms with Gasteiger partial charge in [0, 0.05) is 4.47 Å². The summed E-state index contributed by atoms with van der Waals surface area (Å²) in [5.41, 5.74) is 7.24. The highest BCUT2D eigenvalue weighted by Gasteiger charge is 2.38. The van der Waals surface area contributed by atoms with Crippen LogP contribution in [0.15, 0.2) is 108 Å². The van der Waals surface area contributed by atoms with Crippen LogP contribution in [0.3, 0.4) is 0 Å². The van der Waals surface area contributed by atoms with Gasteiger partial charge in [0.15, 0.2) is 0 Å². The predicted molar refractivity (Wildman–Crippen MR) is 122 cm³/mol. The number of rotatable bonds is 4. The minimum absolute atomic E-state index is 0.372. The van der Waals surface area contributed by atoms with Gasteiger partial charge in [0.05, 0.1) is 5.41 Å². The molecule has 4 aromatic rings. The van der Waals surface area contributed by atoms with Gasteiger partial charge in [-0.1, -0.05) is 118 Å². The van der Waals surface area contributed by atoms with Crippen LogP contribution in [0.5, 0.6) is 0 Å². The maximum atomic E-state index is 3.60. The number of aryl methyl sites for hydroxylation is 2. The van der Waals surface area contributed by atoms with Crippen LogP contribution in [0.2, 0.25) is 0 Å².